The maximum absolute atomic E-state index is 13.8. The van der Waals surface area contributed by atoms with Crippen molar-refractivity contribution in [3.05, 3.63) is 75.6 Å². The lowest BCUT2D eigenvalue weighted by molar-refractivity contribution is 0.174. The van der Waals surface area contributed by atoms with Crippen molar-refractivity contribution >= 4 is 16.9 Å². The van der Waals surface area contributed by atoms with E-state index in [4.69, 9.17) is 11.6 Å². The van der Waals surface area contributed by atoms with Crippen molar-refractivity contribution in [3.8, 4) is 6.07 Å². The van der Waals surface area contributed by atoms with Crippen LogP contribution in [0, 0.1) is 17.2 Å². The Kier molecular flexibility index (Phi) is 9.76. The van der Waals surface area contributed by atoms with E-state index >= 15 is 0 Å². The number of nitrogens with two attached hydrogens (primary N) is 2. The minimum Gasteiger partial charge on any atom is -0.400 e. The SMILES string of the molecule is C[C@@H](Nc1ncnc2c1cc(C1(C#N)CC1)c(=O)n2CCCN(N)/C=C(\N)CN1CCC(CF)CC1)c1cccc(CF)c1. The predicted molar refractivity (Wildman–Crippen MR) is 167 cm³/mol. The Hall–Kier alpha value is -4.08. The van der Waals surface area contributed by atoms with Gasteiger partial charge in [0.1, 0.15) is 24.5 Å². The summed E-state index contributed by atoms with van der Waals surface area (Å²) in [5.74, 6) is 6.92. The number of nitrogens with one attached hydrogen (secondary N) is 1. The molecule has 12 heteroatoms. The van der Waals surface area contributed by atoms with Gasteiger partial charge in [0.15, 0.2) is 0 Å². The number of likely N-dealkylation sites (tertiary alicyclic amines) is 1. The fourth-order valence-electron chi connectivity index (χ4n) is 5.93. The summed E-state index contributed by atoms with van der Waals surface area (Å²) in [6.07, 6.45) is 6.56. The number of halogens is 2. The zero-order valence-electron chi connectivity index (χ0n) is 25.2. The quantitative estimate of drug-likeness (QED) is 0.194. The standard InChI is InChI=1S/C32H41F2N9O/c1-22(25-5-2-4-24(14-25)17-34)40-29-27-15-28(32(20-35)8-9-32)31(44)43(30(27)39-21-38-29)11-3-10-42(37)19-26(36)18-41-12-6-23(16-33)7-13-41/h2,4-5,14-15,19,21-23H,3,6-13,16-18,36-37H2,1H3,(H,38,39,40)/b26-19-/t22-/m1/s1. The van der Waals surface area contributed by atoms with Crippen molar-refractivity contribution in [2.75, 3.05) is 38.2 Å². The number of fused-ring (bicyclic) bond motifs is 1. The molecule has 10 nitrogen and oxygen atoms in total. The van der Waals surface area contributed by atoms with E-state index in [2.05, 4.69) is 26.3 Å². The third kappa shape index (κ3) is 7.00. The van der Waals surface area contributed by atoms with Crippen molar-refractivity contribution in [2.45, 2.75) is 63.7 Å². The number of aryl methyl sites for hydroxylation is 1. The zero-order chi connectivity index (χ0) is 31.3. The molecule has 1 aliphatic heterocycles. The predicted octanol–water partition coefficient (Wildman–Crippen LogP) is 4.04. The second kappa shape index (κ2) is 13.7. The Morgan fingerprint density at radius 2 is 2.05 bits per heavy atom. The third-order valence-electron chi connectivity index (χ3n) is 8.78. The van der Waals surface area contributed by atoms with Crippen LogP contribution in [0.4, 0.5) is 14.6 Å². The molecule has 44 heavy (non-hydrogen) atoms. The van der Waals surface area contributed by atoms with E-state index in [-0.39, 0.29) is 24.2 Å². The van der Waals surface area contributed by atoms with Gasteiger partial charge in [-0.1, -0.05) is 24.3 Å². The molecule has 2 aromatic heterocycles. The van der Waals surface area contributed by atoms with Gasteiger partial charge in [-0.15, -0.1) is 0 Å². The summed E-state index contributed by atoms with van der Waals surface area (Å²) in [5.41, 5.74) is 8.23. The number of benzene rings is 1. The van der Waals surface area contributed by atoms with Crippen molar-refractivity contribution in [1.29, 1.82) is 5.26 Å². The van der Waals surface area contributed by atoms with Gasteiger partial charge < -0.3 is 16.1 Å². The fraction of sp³-hybridized carbons (Fsp3) is 0.500. The number of hydrogen-bond donors (Lipinski definition) is 3. The molecule has 1 atom stereocenters. The molecule has 234 valence electrons. The smallest absolute Gasteiger partial charge is 0.257 e. The summed E-state index contributed by atoms with van der Waals surface area (Å²) in [4.78, 5) is 24.9. The first-order valence-corrected chi connectivity index (χ1v) is 15.2. The number of pyridine rings is 1. The van der Waals surface area contributed by atoms with E-state index in [0.717, 1.165) is 31.5 Å². The summed E-state index contributed by atoms with van der Waals surface area (Å²) in [7, 11) is 0. The maximum atomic E-state index is 13.8. The second-order valence-corrected chi connectivity index (χ2v) is 12.1. The summed E-state index contributed by atoms with van der Waals surface area (Å²) in [6, 6.07) is 11.2. The first-order chi connectivity index (χ1) is 21.3. The van der Waals surface area contributed by atoms with Gasteiger partial charge in [-0.05, 0) is 75.2 Å². The van der Waals surface area contributed by atoms with Crippen LogP contribution in [0.25, 0.3) is 11.0 Å². The molecule has 5 N–H and O–H groups in total. The summed E-state index contributed by atoms with van der Waals surface area (Å²) < 4.78 is 27.8. The lowest BCUT2D eigenvalue weighted by atomic mass is 9.98. The number of rotatable bonds is 13. The summed E-state index contributed by atoms with van der Waals surface area (Å²) in [5, 5.41) is 15.5. The van der Waals surface area contributed by atoms with Crippen molar-refractivity contribution < 1.29 is 8.78 Å². The Balaban J connectivity index is 1.34. The highest BCUT2D eigenvalue weighted by Crippen LogP contribution is 2.47. The monoisotopic (exact) mass is 605 g/mol. The number of hydrazine groups is 1. The third-order valence-corrected chi connectivity index (χ3v) is 8.78. The largest absolute Gasteiger partial charge is 0.400 e. The van der Waals surface area contributed by atoms with Crippen LogP contribution >= 0.6 is 0 Å². The average Bonchev–Trinajstić information content (AvgIpc) is 3.83. The first-order valence-electron chi connectivity index (χ1n) is 15.2. The molecule has 3 aromatic rings. The molecule has 1 saturated carbocycles. The molecule has 0 radical (unpaired) electrons. The number of nitriles is 1. The number of piperidine rings is 1. The van der Waals surface area contributed by atoms with Crippen LogP contribution in [0.2, 0.25) is 0 Å². The van der Waals surface area contributed by atoms with Gasteiger partial charge in [-0.25, -0.2) is 20.2 Å². The molecule has 0 spiro atoms. The van der Waals surface area contributed by atoms with Crippen LogP contribution in [0.5, 0.6) is 0 Å². The molecule has 0 unspecified atom stereocenters. The average molecular weight is 606 g/mol. The molecule has 2 aliphatic rings. The van der Waals surface area contributed by atoms with E-state index < -0.39 is 12.1 Å². The molecule has 1 aromatic carbocycles. The summed E-state index contributed by atoms with van der Waals surface area (Å²) in [6.45, 7) is 4.09. The van der Waals surface area contributed by atoms with Crippen LogP contribution in [0.15, 0.2) is 53.4 Å². The minimum absolute atomic E-state index is 0.142. The minimum atomic E-state index is -0.809. The Bertz CT molecular complexity index is 1590. The lowest BCUT2D eigenvalue weighted by Crippen LogP contribution is -2.38. The number of hydrogen-bond acceptors (Lipinski definition) is 9. The number of anilines is 1. The maximum Gasteiger partial charge on any atom is 0.257 e. The van der Waals surface area contributed by atoms with Gasteiger partial charge in [0.05, 0.1) is 23.5 Å². The van der Waals surface area contributed by atoms with Crippen LogP contribution in [-0.2, 0) is 18.6 Å². The van der Waals surface area contributed by atoms with Gasteiger partial charge >= 0.3 is 0 Å². The fourth-order valence-corrected chi connectivity index (χ4v) is 5.93. The molecule has 2 fully saturated rings. The van der Waals surface area contributed by atoms with E-state index in [9.17, 15) is 18.8 Å². The van der Waals surface area contributed by atoms with Gasteiger partial charge in [0.25, 0.3) is 5.56 Å². The highest BCUT2D eigenvalue weighted by Gasteiger charge is 2.47. The van der Waals surface area contributed by atoms with Crippen LogP contribution < -0.4 is 22.5 Å². The normalized spacial score (nSPS) is 17.8. The Morgan fingerprint density at radius 3 is 2.73 bits per heavy atom. The number of aromatic nitrogens is 3. The molecule has 1 aliphatic carbocycles. The van der Waals surface area contributed by atoms with Crippen LogP contribution in [-0.4, -0.2) is 57.3 Å². The van der Waals surface area contributed by atoms with Crippen molar-refractivity contribution in [3.63, 3.8) is 0 Å². The Labute approximate surface area is 256 Å². The first kappa shape index (κ1) is 31.3. The highest BCUT2D eigenvalue weighted by atomic mass is 19.1. The lowest BCUT2D eigenvalue weighted by Gasteiger charge is -2.30. The van der Waals surface area contributed by atoms with E-state index in [1.54, 1.807) is 22.9 Å². The van der Waals surface area contributed by atoms with Gasteiger partial charge in [-0.2, -0.15) is 5.26 Å². The number of nitrogens with zero attached hydrogens (tertiary/aromatic N) is 6. The van der Waals surface area contributed by atoms with Crippen molar-refractivity contribution in [2.24, 2.45) is 17.5 Å². The molecule has 0 amide bonds. The number of alkyl halides is 2. The molecule has 1 saturated heterocycles. The molecule has 5 rings (SSSR count). The molecular weight excluding hydrogens is 564 g/mol. The summed E-state index contributed by atoms with van der Waals surface area (Å²) >= 11 is 0. The second-order valence-electron chi connectivity index (χ2n) is 12.1. The van der Waals surface area contributed by atoms with Gasteiger partial charge in [-0.3, -0.25) is 18.7 Å². The van der Waals surface area contributed by atoms with Crippen LogP contribution in [0.3, 0.4) is 0 Å². The molecule has 3 heterocycles. The van der Waals surface area contributed by atoms with Gasteiger partial charge in [0, 0.05) is 43.1 Å². The van der Waals surface area contributed by atoms with Gasteiger partial charge in [0.2, 0.25) is 0 Å². The van der Waals surface area contributed by atoms with E-state index in [1.165, 1.54) is 11.3 Å². The van der Waals surface area contributed by atoms with E-state index in [0.29, 0.717) is 72.6 Å². The molecule has 0 bridgehead atoms. The topological polar surface area (TPSA) is 142 Å². The zero-order valence-corrected chi connectivity index (χ0v) is 25.2. The Morgan fingerprint density at radius 1 is 1.27 bits per heavy atom. The highest BCUT2D eigenvalue weighted by molar-refractivity contribution is 5.87. The van der Waals surface area contributed by atoms with E-state index in [1.807, 2.05) is 25.1 Å². The molecular formula is C32H41F2N9O. The van der Waals surface area contributed by atoms with Crippen molar-refractivity contribution in [1.82, 2.24) is 24.4 Å². The van der Waals surface area contributed by atoms with Crippen LogP contribution in [0.1, 0.15) is 61.8 Å².